The van der Waals surface area contributed by atoms with Gasteiger partial charge in [-0.15, -0.1) is 0 Å². The topological polar surface area (TPSA) is 92.0 Å². The Morgan fingerprint density at radius 2 is 2.28 bits per heavy atom. The normalized spacial score (nSPS) is 12.8. The highest BCUT2D eigenvalue weighted by Gasteiger charge is 2.20. The molecular weight excluding hydrogens is 234 g/mol. The van der Waals surface area contributed by atoms with Crippen molar-refractivity contribution in [1.29, 1.82) is 0 Å². The highest BCUT2D eigenvalue weighted by Crippen LogP contribution is 2.26. The summed E-state index contributed by atoms with van der Waals surface area (Å²) in [5.74, 6) is 1.40. The average molecular weight is 251 g/mol. The van der Waals surface area contributed by atoms with Crippen LogP contribution in [0.5, 0.6) is 0 Å². The molecule has 0 bridgehead atoms. The van der Waals surface area contributed by atoms with E-state index in [9.17, 15) is 0 Å². The number of aryl methyl sites for hydroxylation is 1. The van der Waals surface area contributed by atoms with Crippen molar-refractivity contribution in [2.75, 3.05) is 12.3 Å². The van der Waals surface area contributed by atoms with Gasteiger partial charge in [0.2, 0.25) is 5.82 Å². The molecule has 0 spiro atoms. The molecule has 2 rings (SSSR count). The van der Waals surface area contributed by atoms with E-state index in [2.05, 4.69) is 15.2 Å². The summed E-state index contributed by atoms with van der Waals surface area (Å²) in [7, 11) is 1.76. The molecule has 2 N–H and O–H groups in total. The third kappa shape index (κ3) is 2.21. The van der Waals surface area contributed by atoms with Crippen molar-refractivity contribution < 1.29 is 9.26 Å². The van der Waals surface area contributed by atoms with E-state index in [0.717, 1.165) is 6.42 Å². The maximum absolute atomic E-state index is 5.85. The Hall–Kier alpha value is -1.89. The van der Waals surface area contributed by atoms with Gasteiger partial charge in [-0.2, -0.15) is 10.1 Å². The molecule has 0 aliphatic carbocycles. The molecule has 0 aromatic carbocycles. The SMILES string of the molecule is CCOC(CC)c1noc(-c2cnn(C)c2N)n1. The minimum absolute atomic E-state index is 0.148. The molecule has 7 nitrogen and oxygen atoms in total. The van der Waals surface area contributed by atoms with Gasteiger partial charge in [-0.1, -0.05) is 12.1 Å². The van der Waals surface area contributed by atoms with Gasteiger partial charge in [0, 0.05) is 13.7 Å². The fraction of sp³-hybridized carbons (Fsp3) is 0.545. The van der Waals surface area contributed by atoms with E-state index in [1.807, 2.05) is 13.8 Å². The van der Waals surface area contributed by atoms with E-state index in [-0.39, 0.29) is 6.10 Å². The molecule has 0 radical (unpaired) electrons. The van der Waals surface area contributed by atoms with Crippen LogP contribution in [0.3, 0.4) is 0 Å². The zero-order valence-electron chi connectivity index (χ0n) is 10.8. The molecule has 1 atom stereocenters. The molecule has 0 fully saturated rings. The maximum Gasteiger partial charge on any atom is 0.263 e. The molecule has 0 aliphatic rings. The van der Waals surface area contributed by atoms with Crippen molar-refractivity contribution in [2.24, 2.45) is 7.05 Å². The lowest BCUT2D eigenvalue weighted by molar-refractivity contribution is 0.0518. The van der Waals surface area contributed by atoms with E-state index in [1.165, 1.54) is 0 Å². The quantitative estimate of drug-likeness (QED) is 0.866. The van der Waals surface area contributed by atoms with Crippen LogP contribution in [0, 0.1) is 0 Å². The molecule has 1 unspecified atom stereocenters. The second-order valence-electron chi connectivity index (χ2n) is 3.88. The second-order valence-corrected chi connectivity index (χ2v) is 3.88. The molecule has 0 amide bonds. The van der Waals surface area contributed by atoms with Gasteiger partial charge in [0.15, 0.2) is 0 Å². The fourth-order valence-corrected chi connectivity index (χ4v) is 1.66. The summed E-state index contributed by atoms with van der Waals surface area (Å²) < 4.78 is 12.3. The number of ether oxygens (including phenoxy) is 1. The zero-order chi connectivity index (χ0) is 13.1. The number of hydrogen-bond donors (Lipinski definition) is 1. The Kier molecular flexibility index (Phi) is 3.61. The summed E-state index contributed by atoms with van der Waals surface area (Å²) in [5.41, 5.74) is 6.49. The van der Waals surface area contributed by atoms with Crippen molar-refractivity contribution in [3.63, 3.8) is 0 Å². The first-order valence-electron chi connectivity index (χ1n) is 5.90. The average Bonchev–Trinajstić information content (AvgIpc) is 2.95. The number of rotatable bonds is 5. The molecule has 7 heteroatoms. The standard InChI is InChI=1S/C11H17N5O2/c1-4-8(17-5-2)10-14-11(18-15-10)7-6-13-16(3)9(7)12/h6,8H,4-5,12H2,1-3H3. The fourth-order valence-electron chi connectivity index (χ4n) is 1.66. The van der Waals surface area contributed by atoms with Crippen molar-refractivity contribution in [1.82, 2.24) is 19.9 Å². The van der Waals surface area contributed by atoms with Crippen molar-refractivity contribution in [3.05, 3.63) is 12.0 Å². The van der Waals surface area contributed by atoms with Crippen LogP contribution >= 0.6 is 0 Å². The summed E-state index contributed by atoms with van der Waals surface area (Å²) in [6, 6.07) is 0. The molecular formula is C11H17N5O2. The van der Waals surface area contributed by atoms with Gasteiger partial charge in [0.1, 0.15) is 17.5 Å². The smallest absolute Gasteiger partial charge is 0.263 e. The van der Waals surface area contributed by atoms with Crippen molar-refractivity contribution in [3.8, 4) is 11.5 Å². The number of nitrogens with two attached hydrogens (primary N) is 1. The molecule has 0 saturated carbocycles. The molecule has 0 aliphatic heterocycles. The summed E-state index contributed by atoms with van der Waals surface area (Å²) >= 11 is 0. The minimum atomic E-state index is -0.148. The summed E-state index contributed by atoms with van der Waals surface area (Å²) in [4.78, 5) is 4.31. The van der Waals surface area contributed by atoms with Crippen molar-refractivity contribution in [2.45, 2.75) is 26.4 Å². The summed E-state index contributed by atoms with van der Waals surface area (Å²) in [6.07, 6.45) is 2.24. The largest absolute Gasteiger partial charge is 0.383 e. The van der Waals surface area contributed by atoms with Gasteiger partial charge >= 0.3 is 0 Å². The van der Waals surface area contributed by atoms with E-state index in [1.54, 1.807) is 17.9 Å². The summed E-state index contributed by atoms with van der Waals surface area (Å²) in [5, 5.41) is 7.96. The number of nitrogen functional groups attached to an aromatic ring is 1. The third-order valence-electron chi connectivity index (χ3n) is 2.68. The van der Waals surface area contributed by atoms with Crippen LogP contribution in [-0.2, 0) is 11.8 Å². The molecule has 0 saturated heterocycles. The van der Waals surface area contributed by atoms with Gasteiger partial charge in [-0.05, 0) is 13.3 Å². The highest BCUT2D eigenvalue weighted by molar-refractivity contribution is 5.66. The molecule has 98 valence electrons. The second kappa shape index (κ2) is 5.18. The summed E-state index contributed by atoms with van der Waals surface area (Å²) in [6.45, 7) is 4.55. The van der Waals surface area contributed by atoms with Crippen molar-refractivity contribution >= 4 is 5.82 Å². The lowest BCUT2D eigenvalue weighted by Gasteiger charge is -2.09. The van der Waals surface area contributed by atoms with Crippen LogP contribution < -0.4 is 5.73 Å². The first-order valence-corrected chi connectivity index (χ1v) is 5.90. The first kappa shape index (κ1) is 12.6. The third-order valence-corrected chi connectivity index (χ3v) is 2.68. The van der Waals surface area contributed by atoms with E-state index in [4.69, 9.17) is 15.0 Å². The van der Waals surface area contributed by atoms with Gasteiger partial charge in [-0.25, -0.2) is 0 Å². The van der Waals surface area contributed by atoms with E-state index >= 15 is 0 Å². The Morgan fingerprint density at radius 1 is 1.50 bits per heavy atom. The van der Waals surface area contributed by atoms with E-state index < -0.39 is 0 Å². The van der Waals surface area contributed by atoms with Crippen LogP contribution in [0.25, 0.3) is 11.5 Å². The van der Waals surface area contributed by atoms with Crippen LogP contribution in [0.1, 0.15) is 32.2 Å². The number of nitrogens with zero attached hydrogens (tertiary/aromatic N) is 4. The van der Waals surface area contributed by atoms with Crippen LogP contribution in [-0.4, -0.2) is 26.5 Å². The number of aromatic nitrogens is 4. The molecule has 2 aromatic rings. The monoisotopic (exact) mass is 251 g/mol. The van der Waals surface area contributed by atoms with Gasteiger partial charge in [-0.3, -0.25) is 4.68 Å². The van der Waals surface area contributed by atoms with Crippen LogP contribution in [0.15, 0.2) is 10.7 Å². The predicted octanol–water partition coefficient (Wildman–Crippen LogP) is 1.54. The Labute approximate surface area is 105 Å². The predicted molar refractivity (Wildman–Crippen MR) is 65.6 cm³/mol. The maximum atomic E-state index is 5.85. The Morgan fingerprint density at radius 3 is 2.83 bits per heavy atom. The van der Waals surface area contributed by atoms with Gasteiger partial charge in [0.05, 0.1) is 6.20 Å². The van der Waals surface area contributed by atoms with Crippen LogP contribution in [0.4, 0.5) is 5.82 Å². The molecule has 18 heavy (non-hydrogen) atoms. The Bertz CT molecular complexity index is 519. The molecule has 2 heterocycles. The lowest BCUT2D eigenvalue weighted by Crippen LogP contribution is -2.04. The van der Waals surface area contributed by atoms with Gasteiger partial charge in [0.25, 0.3) is 5.89 Å². The Balaban J connectivity index is 2.27. The molecule has 2 aromatic heterocycles. The lowest BCUT2D eigenvalue weighted by atomic mass is 10.2. The number of hydrogen-bond acceptors (Lipinski definition) is 6. The highest BCUT2D eigenvalue weighted by atomic mass is 16.5. The van der Waals surface area contributed by atoms with Gasteiger partial charge < -0.3 is 15.0 Å². The van der Waals surface area contributed by atoms with Crippen LogP contribution in [0.2, 0.25) is 0 Å². The van der Waals surface area contributed by atoms with E-state index in [0.29, 0.717) is 29.7 Å². The minimum Gasteiger partial charge on any atom is -0.383 e. The zero-order valence-corrected chi connectivity index (χ0v) is 10.8. The first-order chi connectivity index (χ1) is 8.67. The number of anilines is 1.